The summed E-state index contributed by atoms with van der Waals surface area (Å²) in [7, 11) is 0. The Morgan fingerprint density at radius 1 is 1.11 bits per heavy atom. The summed E-state index contributed by atoms with van der Waals surface area (Å²) in [6.07, 6.45) is 0. The first kappa shape index (κ1) is 13.3. The van der Waals surface area contributed by atoms with E-state index in [-0.39, 0.29) is 16.6 Å². The van der Waals surface area contributed by atoms with E-state index in [1.54, 1.807) is 6.07 Å². The number of hydrogen-bond donors (Lipinski definition) is 0. The summed E-state index contributed by atoms with van der Waals surface area (Å²) in [5, 5.41) is 0.387. The van der Waals surface area contributed by atoms with Gasteiger partial charge in [-0.2, -0.15) is 0 Å². The summed E-state index contributed by atoms with van der Waals surface area (Å²) >= 11 is 8.88. The smallest absolute Gasteiger partial charge is 0.184 e. The average Bonchev–Trinajstić information content (AvgIpc) is 2.37. The highest BCUT2D eigenvalue weighted by atomic mass is 79.9. The van der Waals surface area contributed by atoms with E-state index < -0.39 is 5.82 Å². The standard InChI is InChI=1S/C13H8BrClF2O/c14-7-8-6-9(16)4-5-11(8)18-12-3-1-2-10(15)13(12)17/h1-6H,7H2. The molecule has 94 valence electrons. The molecule has 0 aliphatic carbocycles. The lowest BCUT2D eigenvalue weighted by Gasteiger charge is -2.10. The summed E-state index contributed by atoms with van der Waals surface area (Å²) in [5.41, 5.74) is 0.592. The van der Waals surface area contributed by atoms with Crippen LogP contribution in [-0.2, 0) is 5.33 Å². The summed E-state index contributed by atoms with van der Waals surface area (Å²) < 4.78 is 32.1. The molecule has 0 fully saturated rings. The van der Waals surface area contributed by atoms with Crippen LogP contribution in [0.5, 0.6) is 11.5 Å². The minimum absolute atomic E-state index is 0.0105. The molecular weight excluding hydrogens is 325 g/mol. The summed E-state index contributed by atoms with van der Waals surface area (Å²) in [6.45, 7) is 0. The highest BCUT2D eigenvalue weighted by molar-refractivity contribution is 9.08. The van der Waals surface area contributed by atoms with Crippen molar-refractivity contribution in [1.82, 2.24) is 0 Å². The van der Waals surface area contributed by atoms with Crippen molar-refractivity contribution in [3.63, 3.8) is 0 Å². The lowest BCUT2D eigenvalue weighted by Crippen LogP contribution is -1.93. The SMILES string of the molecule is Fc1ccc(Oc2cccc(Cl)c2F)c(CBr)c1. The lowest BCUT2D eigenvalue weighted by molar-refractivity contribution is 0.438. The van der Waals surface area contributed by atoms with Crippen molar-refractivity contribution in [2.75, 3.05) is 0 Å². The van der Waals surface area contributed by atoms with E-state index in [2.05, 4.69) is 15.9 Å². The fourth-order valence-electron chi connectivity index (χ4n) is 1.43. The van der Waals surface area contributed by atoms with E-state index in [1.165, 1.54) is 30.3 Å². The van der Waals surface area contributed by atoms with Crippen molar-refractivity contribution in [2.24, 2.45) is 0 Å². The van der Waals surface area contributed by atoms with Crippen LogP contribution < -0.4 is 4.74 Å². The second kappa shape index (κ2) is 5.67. The Morgan fingerprint density at radius 3 is 2.61 bits per heavy atom. The van der Waals surface area contributed by atoms with Gasteiger partial charge in [-0.3, -0.25) is 0 Å². The second-order valence-electron chi connectivity index (χ2n) is 3.54. The topological polar surface area (TPSA) is 9.23 Å². The molecular formula is C13H8BrClF2O. The number of alkyl halides is 1. The van der Waals surface area contributed by atoms with Gasteiger partial charge in [0.25, 0.3) is 0 Å². The summed E-state index contributed by atoms with van der Waals surface area (Å²) in [4.78, 5) is 0. The molecule has 0 aliphatic rings. The van der Waals surface area contributed by atoms with Crippen LogP contribution in [0, 0.1) is 11.6 Å². The monoisotopic (exact) mass is 332 g/mol. The number of rotatable bonds is 3. The summed E-state index contributed by atoms with van der Waals surface area (Å²) in [6, 6.07) is 8.50. The molecule has 0 atom stereocenters. The molecule has 0 bridgehead atoms. The van der Waals surface area contributed by atoms with Crippen LogP contribution in [0.15, 0.2) is 36.4 Å². The van der Waals surface area contributed by atoms with E-state index in [0.717, 1.165) is 0 Å². The molecule has 0 saturated heterocycles. The zero-order valence-corrected chi connectivity index (χ0v) is 11.4. The Balaban J connectivity index is 2.37. The number of halogens is 4. The molecule has 0 amide bonds. The Kier molecular flexibility index (Phi) is 4.19. The van der Waals surface area contributed by atoms with Gasteiger partial charge >= 0.3 is 0 Å². The van der Waals surface area contributed by atoms with Crippen LogP contribution in [-0.4, -0.2) is 0 Å². The van der Waals surface area contributed by atoms with Gasteiger partial charge < -0.3 is 4.74 Å². The Hall–Kier alpha value is -1.13. The third-order valence-electron chi connectivity index (χ3n) is 2.30. The predicted octanol–water partition coefficient (Wildman–Crippen LogP) is 5.31. The van der Waals surface area contributed by atoms with Crippen molar-refractivity contribution >= 4 is 27.5 Å². The molecule has 0 radical (unpaired) electrons. The van der Waals surface area contributed by atoms with Gasteiger partial charge in [0, 0.05) is 10.9 Å². The maximum atomic E-state index is 13.7. The van der Waals surface area contributed by atoms with E-state index >= 15 is 0 Å². The molecule has 0 aliphatic heterocycles. The normalized spacial score (nSPS) is 10.4. The van der Waals surface area contributed by atoms with Gasteiger partial charge in [-0.15, -0.1) is 0 Å². The fraction of sp³-hybridized carbons (Fsp3) is 0.0769. The Morgan fingerprint density at radius 2 is 1.89 bits per heavy atom. The van der Waals surface area contributed by atoms with Gasteiger partial charge in [0.15, 0.2) is 11.6 Å². The zero-order valence-electron chi connectivity index (χ0n) is 9.09. The fourth-order valence-corrected chi connectivity index (χ4v) is 2.04. The highest BCUT2D eigenvalue weighted by Gasteiger charge is 2.11. The van der Waals surface area contributed by atoms with E-state index in [4.69, 9.17) is 16.3 Å². The molecule has 2 aromatic rings. The van der Waals surface area contributed by atoms with Crippen LogP contribution in [0.1, 0.15) is 5.56 Å². The van der Waals surface area contributed by atoms with Gasteiger partial charge in [0.05, 0.1) is 5.02 Å². The van der Waals surface area contributed by atoms with Crippen molar-refractivity contribution in [3.05, 3.63) is 58.6 Å². The van der Waals surface area contributed by atoms with Gasteiger partial charge in [0.2, 0.25) is 0 Å². The molecule has 2 rings (SSSR count). The van der Waals surface area contributed by atoms with Gasteiger partial charge in [-0.05, 0) is 30.3 Å². The van der Waals surface area contributed by atoms with Crippen molar-refractivity contribution < 1.29 is 13.5 Å². The van der Waals surface area contributed by atoms with Gasteiger partial charge in [-0.1, -0.05) is 33.6 Å². The number of benzene rings is 2. The zero-order chi connectivity index (χ0) is 13.1. The van der Waals surface area contributed by atoms with Crippen LogP contribution in [0.2, 0.25) is 5.02 Å². The Labute approximate surface area is 116 Å². The highest BCUT2D eigenvalue weighted by Crippen LogP contribution is 2.31. The summed E-state index contributed by atoms with van der Waals surface area (Å²) in [5.74, 6) is -0.613. The number of ether oxygens (including phenoxy) is 1. The quantitative estimate of drug-likeness (QED) is 0.692. The molecule has 18 heavy (non-hydrogen) atoms. The molecule has 5 heteroatoms. The van der Waals surface area contributed by atoms with Crippen molar-refractivity contribution in [3.8, 4) is 11.5 Å². The van der Waals surface area contributed by atoms with Crippen LogP contribution in [0.4, 0.5) is 8.78 Å². The lowest BCUT2D eigenvalue weighted by atomic mass is 10.2. The van der Waals surface area contributed by atoms with Crippen LogP contribution >= 0.6 is 27.5 Å². The minimum atomic E-state index is -0.635. The number of hydrogen-bond acceptors (Lipinski definition) is 1. The van der Waals surface area contributed by atoms with Crippen molar-refractivity contribution in [1.29, 1.82) is 0 Å². The van der Waals surface area contributed by atoms with Gasteiger partial charge in [0.1, 0.15) is 11.6 Å². The maximum Gasteiger partial charge on any atom is 0.184 e. The van der Waals surface area contributed by atoms with E-state index in [1.807, 2.05) is 0 Å². The molecule has 1 nitrogen and oxygen atoms in total. The molecule has 2 aromatic carbocycles. The first-order valence-electron chi connectivity index (χ1n) is 5.08. The van der Waals surface area contributed by atoms with Gasteiger partial charge in [-0.25, -0.2) is 8.78 Å². The molecule has 0 heterocycles. The predicted molar refractivity (Wildman–Crippen MR) is 70.5 cm³/mol. The molecule has 0 aromatic heterocycles. The average molecular weight is 334 g/mol. The Bertz CT molecular complexity index is 575. The third kappa shape index (κ3) is 2.82. The molecule has 0 spiro atoms. The third-order valence-corrected chi connectivity index (χ3v) is 3.20. The molecule has 0 saturated carbocycles. The first-order chi connectivity index (χ1) is 8.61. The van der Waals surface area contributed by atoms with E-state index in [0.29, 0.717) is 16.6 Å². The maximum absolute atomic E-state index is 13.7. The molecule has 0 N–H and O–H groups in total. The molecule has 0 unspecified atom stereocenters. The largest absolute Gasteiger partial charge is 0.454 e. The first-order valence-corrected chi connectivity index (χ1v) is 6.58. The minimum Gasteiger partial charge on any atom is -0.454 e. The van der Waals surface area contributed by atoms with Crippen LogP contribution in [0.25, 0.3) is 0 Å². The van der Waals surface area contributed by atoms with E-state index in [9.17, 15) is 8.78 Å². The van der Waals surface area contributed by atoms with Crippen molar-refractivity contribution in [2.45, 2.75) is 5.33 Å². The second-order valence-corrected chi connectivity index (χ2v) is 4.51. The van der Waals surface area contributed by atoms with Crippen LogP contribution in [0.3, 0.4) is 0 Å².